The Morgan fingerprint density at radius 3 is 2.77 bits per heavy atom. The number of hydrogen-bond donors (Lipinski definition) is 2. The second-order valence-electron chi connectivity index (χ2n) is 6.66. The van der Waals surface area contributed by atoms with E-state index in [4.69, 9.17) is 0 Å². The molecule has 0 atom stereocenters. The van der Waals surface area contributed by atoms with E-state index in [0.717, 1.165) is 25.5 Å². The number of hydrogen-bond acceptors (Lipinski definition) is 8. The molecule has 2 aromatic carbocycles. The normalized spacial score (nSPS) is 11.1. The maximum absolute atomic E-state index is 12.3. The first-order valence-corrected chi connectivity index (χ1v) is 11.3. The molecule has 0 fully saturated rings. The molecular formula is C21H17N7OS2. The first-order chi connectivity index (χ1) is 15.3. The van der Waals surface area contributed by atoms with E-state index >= 15 is 0 Å². The van der Waals surface area contributed by atoms with Gasteiger partial charge in [0.1, 0.15) is 6.33 Å². The van der Waals surface area contributed by atoms with Gasteiger partial charge in [0.05, 0.1) is 34.1 Å². The molecule has 0 aliphatic carbocycles. The molecule has 0 saturated heterocycles. The van der Waals surface area contributed by atoms with Gasteiger partial charge in [0.15, 0.2) is 15.8 Å². The lowest BCUT2D eigenvalue weighted by Crippen LogP contribution is -2.31. The van der Waals surface area contributed by atoms with E-state index in [1.807, 2.05) is 59.3 Å². The van der Waals surface area contributed by atoms with Crippen molar-refractivity contribution in [3.05, 3.63) is 72.7 Å². The topological polar surface area (TPSA) is 97.6 Å². The number of carbonyl (C=O) groups is 1. The van der Waals surface area contributed by atoms with Crippen LogP contribution in [0.15, 0.2) is 71.5 Å². The molecule has 1 amide bonds. The number of nitrogens with zero attached hydrogens (tertiary/aromatic N) is 5. The van der Waals surface area contributed by atoms with E-state index in [9.17, 15) is 4.79 Å². The molecule has 5 aromatic rings. The van der Waals surface area contributed by atoms with Gasteiger partial charge in [-0.25, -0.2) is 19.6 Å². The fraction of sp³-hybridized carbons (Fsp3) is 0.0952. The number of hydrazine groups is 1. The van der Waals surface area contributed by atoms with E-state index in [2.05, 4.69) is 30.9 Å². The summed E-state index contributed by atoms with van der Waals surface area (Å²) in [5.74, 6) is 0.573. The molecule has 0 bridgehead atoms. The van der Waals surface area contributed by atoms with Crippen LogP contribution >= 0.6 is 23.1 Å². The van der Waals surface area contributed by atoms with Crippen LogP contribution in [0.25, 0.3) is 21.3 Å². The zero-order chi connectivity index (χ0) is 21.0. The molecule has 2 N–H and O–H groups in total. The number of benzene rings is 2. The summed E-state index contributed by atoms with van der Waals surface area (Å²) in [5, 5.41) is 5.16. The maximum atomic E-state index is 12.3. The van der Waals surface area contributed by atoms with Gasteiger partial charge < -0.3 is 0 Å². The van der Waals surface area contributed by atoms with Crippen molar-refractivity contribution >= 4 is 56.1 Å². The second kappa shape index (κ2) is 8.70. The van der Waals surface area contributed by atoms with Gasteiger partial charge in [0.2, 0.25) is 5.91 Å². The lowest BCUT2D eigenvalue weighted by atomic mass is 10.2. The molecule has 3 heterocycles. The Balaban J connectivity index is 1.22. The van der Waals surface area contributed by atoms with Gasteiger partial charge in [-0.3, -0.25) is 15.6 Å². The molecule has 0 aliphatic rings. The van der Waals surface area contributed by atoms with Gasteiger partial charge >= 0.3 is 0 Å². The van der Waals surface area contributed by atoms with Crippen LogP contribution in [0.2, 0.25) is 0 Å². The molecular weight excluding hydrogens is 430 g/mol. The van der Waals surface area contributed by atoms with Gasteiger partial charge in [-0.05, 0) is 17.7 Å². The summed E-state index contributed by atoms with van der Waals surface area (Å²) in [6.07, 6.45) is 3.15. The number of nitrogens with one attached hydrogen (secondary N) is 2. The Morgan fingerprint density at radius 2 is 1.90 bits per heavy atom. The summed E-state index contributed by atoms with van der Waals surface area (Å²) in [7, 11) is 0. The SMILES string of the molecule is O=C(CSc1nc2ccccc2s1)NNc1ncnc2c1cnn2Cc1ccccc1. The summed E-state index contributed by atoms with van der Waals surface area (Å²) < 4.78 is 3.78. The molecule has 154 valence electrons. The largest absolute Gasteiger partial charge is 0.281 e. The maximum Gasteiger partial charge on any atom is 0.248 e. The Hall–Kier alpha value is -3.50. The van der Waals surface area contributed by atoms with E-state index in [1.54, 1.807) is 17.5 Å². The van der Waals surface area contributed by atoms with Crippen LogP contribution < -0.4 is 10.9 Å². The second-order valence-corrected chi connectivity index (χ2v) is 8.91. The smallest absolute Gasteiger partial charge is 0.248 e. The van der Waals surface area contributed by atoms with Crippen LogP contribution in [-0.2, 0) is 11.3 Å². The molecule has 5 rings (SSSR count). The molecule has 0 unspecified atom stereocenters. The summed E-state index contributed by atoms with van der Waals surface area (Å²) in [6.45, 7) is 0.603. The minimum absolute atomic E-state index is 0.173. The van der Waals surface area contributed by atoms with Crippen molar-refractivity contribution in [1.29, 1.82) is 0 Å². The number of anilines is 1. The molecule has 0 aliphatic heterocycles. The first-order valence-electron chi connectivity index (χ1n) is 9.50. The average Bonchev–Trinajstić information content (AvgIpc) is 3.41. The van der Waals surface area contributed by atoms with Crippen molar-refractivity contribution in [3.63, 3.8) is 0 Å². The van der Waals surface area contributed by atoms with Crippen molar-refractivity contribution in [3.8, 4) is 0 Å². The lowest BCUT2D eigenvalue weighted by Gasteiger charge is -2.08. The highest BCUT2D eigenvalue weighted by atomic mass is 32.2. The molecule has 0 saturated carbocycles. The minimum atomic E-state index is -0.173. The monoisotopic (exact) mass is 447 g/mol. The molecule has 0 spiro atoms. The number of para-hydroxylation sites is 1. The van der Waals surface area contributed by atoms with E-state index in [1.165, 1.54) is 18.1 Å². The van der Waals surface area contributed by atoms with Gasteiger partial charge in [-0.1, -0.05) is 54.2 Å². The molecule has 10 heteroatoms. The Kier molecular flexibility index (Phi) is 5.46. The third-order valence-electron chi connectivity index (χ3n) is 4.53. The van der Waals surface area contributed by atoms with Gasteiger partial charge in [0.25, 0.3) is 0 Å². The van der Waals surface area contributed by atoms with Crippen molar-refractivity contribution < 1.29 is 4.79 Å². The summed E-state index contributed by atoms with van der Waals surface area (Å²) >= 11 is 2.98. The Labute approximate surface area is 185 Å². The number of rotatable bonds is 7. The third-order valence-corrected chi connectivity index (χ3v) is 6.71. The highest BCUT2D eigenvalue weighted by Crippen LogP contribution is 2.29. The molecule has 3 aromatic heterocycles. The number of fused-ring (bicyclic) bond motifs is 2. The first kappa shape index (κ1) is 19.5. The summed E-state index contributed by atoms with van der Waals surface area (Å²) in [4.78, 5) is 25.4. The van der Waals surface area contributed by atoms with Gasteiger partial charge in [0, 0.05) is 0 Å². The van der Waals surface area contributed by atoms with Crippen molar-refractivity contribution in [2.75, 3.05) is 11.2 Å². The average molecular weight is 448 g/mol. The Bertz CT molecular complexity index is 1320. The van der Waals surface area contributed by atoms with E-state index < -0.39 is 0 Å². The predicted octanol–water partition coefficient (Wildman–Crippen LogP) is 3.72. The van der Waals surface area contributed by atoms with Crippen LogP contribution in [0, 0.1) is 0 Å². The highest BCUT2D eigenvalue weighted by Gasteiger charge is 2.12. The summed E-state index contributed by atoms with van der Waals surface area (Å²) in [5.41, 5.74) is 8.36. The third kappa shape index (κ3) is 4.35. The van der Waals surface area contributed by atoms with Crippen LogP contribution in [0.1, 0.15) is 5.56 Å². The molecule has 8 nitrogen and oxygen atoms in total. The van der Waals surface area contributed by atoms with Gasteiger partial charge in [-0.2, -0.15) is 5.10 Å². The molecule has 0 radical (unpaired) electrons. The zero-order valence-electron chi connectivity index (χ0n) is 16.2. The van der Waals surface area contributed by atoms with Crippen LogP contribution in [0.5, 0.6) is 0 Å². The standard InChI is InChI=1S/C21H17N7OS2/c29-18(12-30-21-25-16-8-4-5-9-17(16)31-21)26-27-19-15-10-24-28(20(15)23-13-22-19)11-14-6-2-1-3-7-14/h1-10,13H,11-12H2,(H,26,29)(H,22,23,27). The minimum Gasteiger partial charge on any atom is -0.281 e. The van der Waals surface area contributed by atoms with Crippen LogP contribution in [0.4, 0.5) is 5.82 Å². The lowest BCUT2D eigenvalue weighted by molar-refractivity contribution is -0.118. The van der Waals surface area contributed by atoms with Crippen molar-refractivity contribution in [2.45, 2.75) is 10.9 Å². The van der Waals surface area contributed by atoms with E-state index in [-0.39, 0.29) is 11.7 Å². The van der Waals surface area contributed by atoms with Gasteiger partial charge in [-0.15, -0.1) is 11.3 Å². The van der Waals surface area contributed by atoms with Crippen molar-refractivity contribution in [2.24, 2.45) is 0 Å². The summed E-state index contributed by atoms with van der Waals surface area (Å²) in [6, 6.07) is 18.0. The Morgan fingerprint density at radius 1 is 1.06 bits per heavy atom. The molecule has 31 heavy (non-hydrogen) atoms. The number of thioether (sulfide) groups is 1. The van der Waals surface area contributed by atoms with Crippen LogP contribution in [-0.4, -0.2) is 36.4 Å². The fourth-order valence-electron chi connectivity index (χ4n) is 3.07. The quantitative estimate of drug-likeness (QED) is 0.290. The van der Waals surface area contributed by atoms with Crippen LogP contribution in [0.3, 0.4) is 0 Å². The van der Waals surface area contributed by atoms with E-state index in [0.29, 0.717) is 18.0 Å². The van der Waals surface area contributed by atoms with Crippen molar-refractivity contribution in [1.82, 2.24) is 30.2 Å². The number of aromatic nitrogens is 5. The number of thiazole rings is 1. The predicted molar refractivity (Wildman–Crippen MR) is 123 cm³/mol. The number of carbonyl (C=O) groups excluding carboxylic acids is 1. The fourth-order valence-corrected chi connectivity index (χ4v) is 4.94. The highest BCUT2D eigenvalue weighted by molar-refractivity contribution is 8.01. The zero-order valence-corrected chi connectivity index (χ0v) is 17.9. The number of amides is 1.